The summed E-state index contributed by atoms with van der Waals surface area (Å²) in [5, 5.41) is 29.0. The average molecular weight is 974 g/mol. The number of anilines is 3. The molecule has 0 aliphatic carbocycles. The minimum Gasteiger partial charge on any atom is -0.384 e. The number of benzene rings is 1. The van der Waals surface area contributed by atoms with Crippen molar-refractivity contribution in [1.82, 2.24) is 30.2 Å². The van der Waals surface area contributed by atoms with E-state index in [4.69, 9.17) is 38.7 Å². The van der Waals surface area contributed by atoms with Crippen LogP contribution in [-0.4, -0.2) is 97.6 Å². The molecule has 0 bridgehead atoms. The summed E-state index contributed by atoms with van der Waals surface area (Å²) >= 11 is 9.26. The fraction of sp³-hybridized carbons (Fsp3) is 0.319. The molecule has 0 aliphatic rings. The number of nitrogens with two attached hydrogens (primary N) is 1. The Morgan fingerprint density at radius 1 is 0.815 bits per heavy atom. The van der Waals surface area contributed by atoms with Crippen LogP contribution >= 0.6 is 27.5 Å². The maximum absolute atomic E-state index is 12.8. The van der Waals surface area contributed by atoms with Gasteiger partial charge in [-0.2, -0.15) is 10.5 Å². The van der Waals surface area contributed by atoms with Crippen molar-refractivity contribution in [3.05, 3.63) is 141 Å². The van der Waals surface area contributed by atoms with Crippen LogP contribution in [0.4, 0.5) is 21.8 Å². The van der Waals surface area contributed by atoms with Gasteiger partial charge in [-0.1, -0.05) is 39.7 Å². The Hall–Kier alpha value is -6.34. The summed E-state index contributed by atoms with van der Waals surface area (Å²) in [4.78, 5) is 34.2. The smallest absolute Gasteiger partial charge is 0.251 e. The van der Waals surface area contributed by atoms with Gasteiger partial charge in [0.25, 0.3) is 5.91 Å². The van der Waals surface area contributed by atoms with E-state index in [0.717, 1.165) is 69.2 Å². The third-order valence-corrected chi connectivity index (χ3v) is 9.28. The molecular weight excluding hydrogens is 917 g/mol. The molecule has 15 nitrogen and oxygen atoms in total. The van der Waals surface area contributed by atoms with Gasteiger partial charge in [0.2, 0.25) is 0 Å². The van der Waals surface area contributed by atoms with Crippen LogP contribution in [0.5, 0.6) is 0 Å². The highest BCUT2D eigenvalue weighted by atomic mass is 79.9. The lowest BCUT2D eigenvalue weighted by molar-refractivity contribution is 0.0950. The molecule has 5 aromatic heterocycles. The summed E-state index contributed by atoms with van der Waals surface area (Å²) in [5.41, 5.74) is 13.1. The standard InChI is InChI=1S/C26H26ClN5O2.C10H13N3O.C7H7N3.C3H7BrO.CH3F/c1-17-20(4-6-25(32-17)29-9-10-34-2)15-31-26(33)19-7-8-28-23(14-19)12-18-3-5-24-21(11-18)13-22(27)16-30-24;1-8-9(7-11)3-4-10(13-8)12-5-6-14-2;1-5-6(4-8)2-3-7(9)10-5;1-5-3-2-4;1-2/h3-8,11,13-14,16H,9-10,12,15H2,1-2H3,(H,29,32)(H,31,33);3-4H,5-6H2,1-2H3,(H,12,13);2-3H,1H3,(H2,9,10);2-3H2,1H3;1H3/i;;;;1D. The molecular formula is C47H56BrClFN11O4. The number of nitriles is 2. The van der Waals surface area contributed by atoms with E-state index in [-0.39, 0.29) is 5.91 Å². The first-order valence-corrected chi connectivity index (χ1v) is 21.5. The number of amides is 1. The number of carbonyl (C=O) groups excluding carboxylic acids is 1. The first kappa shape index (κ1) is 53.0. The zero-order valence-corrected chi connectivity index (χ0v) is 39.8. The number of methoxy groups -OCH3 is 3. The molecule has 0 spiro atoms. The van der Waals surface area contributed by atoms with Crippen molar-refractivity contribution in [3.63, 3.8) is 0 Å². The minimum atomic E-state index is -1.00. The normalized spacial score (nSPS) is 10.0. The number of nitrogens with zero attached hydrogens (tertiary/aromatic N) is 7. The van der Waals surface area contributed by atoms with Crippen molar-refractivity contribution in [3.8, 4) is 12.1 Å². The number of carbonyl (C=O) groups is 1. The number of aromatic nitrogens is 5. The molecule has 0 atom stereocenters. The van der Waals surface area contributed by atoms with Crippen molar-refractivity contribution in [2.75, 3.05) is 83.1 Å². The monoisotopic (exact) mass is 972 g/mol. The predicted octanol–water partition coefficient (Wildman–Crippen LogP) is 8.34. The molecule has 0 unspecified atom stereocenters. The van der Waals surface area contributed by atoms with Crippen LogP contribution in [0, 0.1) is 43.4 Å². The van der Waals surface area contributed by atoms with Crippen LogP contribution in [-0.2, 0) is 27.2 Å². The van der Waals surface area contributed by atoms with E-state index in [0.29, 0.717) is 65.9 Å². The Morgan fingerprint density at radius 3 is 1.97 bits per heavy atom. The number of pyridine rings is 5. The van der Waals surface area contributed by atoms with Crippen LogP contribution < -0.4 is 21.7 Å². The number of fused-ring (bicyclic) bond motifs is 1. The highest BCUT2D eigenvalue weighted by Crippen LogP contribution is 2.20. The number of hydrogen-bond acceptors (Lipinski definition) is 14. The number of nitrogen functional groups attached to an aromatic ring is 1. The molecule has 65 heavy (non-hydrogen) atoms. The molecule has 0 radical (unpaired) electrons. The zero-order valence-electron chi connectivity index (χ0n) is 38.4. The van der Waals surface area contributed by atoms with E-state index >= 15 is 0 Å². The lowest BCUT2D eigenvalue weighted by Crippen LogP contribution is -2.23. The van der Waals surface area contributed by atoms with Crippen molar-refractivity contribution in [2.45, 2.75) is 33.7 Å². The number of nitrogens with one attached hydrogen (secondary N) is 3. The van der Waals surface area contributed by atoms with E-state index in [1.165, 1.54) is 0 Å². The van der Waals surface area contributed by atoms with Gasteiger partial charge in [-0.05, 0) is 92.6 Å². The number of halogens is 3. The highest BCUT2D eigenvalue weighted by molar-refractivity contribution is 9.09. The maximum Gasteiger partial charge on any atom is 0.251 e. The van der Waals surface area contributed by atoms with Gasteiger partial charge in [-0.15, -0.1) is 0 Å². The molecule has 5 N–H and O–H groups in total. The zero-order chi connectivity index (χ0) is 48.7. The molecule has 1 amide bonds. The molecule has 6 aromatic rings. The van der Waals surface area contributed by atoms with Gasteiger partial charge in [-0.3, -0.25) is 19.2 Å². The van der Waals surface area contributed by atoms with Gasteiger partial charge in [0.1, 0.15) is 29.6 Å². The first-order chi connectivity index (χ1) is 31.9. The SMILES string of the molecule is COCCBr.COCCNc1ccc(C#N)c(C)n1.COCCNc1ccc(CNC(=O)c2ccnc(Cc3ccc4ncc(Cl)cc4c3)c2)c(C)n1.Cc1nc(N)ccc1C#N.[2H]CF. The molecule has 344 valence electrons. The maximum atomic E-state index is 12.8. The number of ether oxygens (including phenoxy) is 3. The topological polar surface area (TPSA) is 219 Å². The van der Waals surface area contributed by atoms with Crippen molar-refractivity contribution in [1.29, 1.82) is 10.5 Å². The van der Waals surface area contributed by atoms with Crippen molar-refractivity contribution >= 4 is 61.8 Å². The fourth-order valence-corrected chi connectivity index (χ4v) is 5.95. The van der Waals surface area contributed by atoms with E-state index in [1.807, 2.05) is 62.4 Å². The first-order valence-electron chi connectivity index (χ1n) is 20.7. The largest absolute Gasteiger partial charge is 0.384 e. The Kier molecular flexibility index (Phi) is 25.7. The van der Waals surface area contributed by atoms with E-state index in [9.17, 15) is 9.18 Å². The highest BCUT2D eigenvalue weighted by Gasteiger charge is 2.10. The van der Waals surface area contributed by atoms with Gasteiger partial charge in [0.15, 0.2) is 0 Å². The van der Waals surface area contributed by atoms with Crippen LogP contribution in [0.15, 0.2) is 85.2 Å². The lowest BCUT2D eigenvalue weighted by atomic mass is 10.0. The Bertz CT molecular complexity index is 2490. The average Bonchev–Trinajstić information content (AvgIpc) is 3.30. The summed E-state index contributed by atoms with van der Waals surface area (Å²) < 4.78 is 30.1. The fourth-order valence-electron chi connectivity index (χ4n) is 5.46. The predicted molar refractivity (Wildman–Crippen MR) is 259 cm³/mol. The van der Waals surface area contributed by atoms with Gasteiger partial charge < -0.3 is 35.9 Å². The summed E-state index contributed by atoms with van der Waals surface area (Å²) in [6.45, 7) is 9.36. The summed E-state index contributed by atoms with van der Waals surface area (Å²) in [6.07, 6.45) is 3.90. The molecule has 1 aromatic carbocycles. The van der Waals surface area contributed by atoms with Crippen LogP contribution in [0.3, 0.4) is 0 Å². The Morgan fingerprint density at radius 2 is 1.42 bits per heavy atom. The molecule has 0 saturated carbocycles. The summed E-state index contributed by atoms with van der Waals surface area (Å²) in [5.74, 6) is 1.87. The van der Waals surface area contributed by atoms with E-state index in [1.54, 1.807) is 71.0 Å². The van der Waals surface area contributed by atoms with Gasteiger partial charge >= 0.3 is 0 Å². The molecule has 0 saturated heterocycles. The number of alkyl halides is 2. The van der Waals surface area contributed by atoms with Crippen LogP contribution in [0.1, 0.15) is 56.8 Å². The Balaban J connectivity index is 0.000000380. The third-order valence-electron chi connectivity index (χ3n) is 8.75. The molecule has 6 rings (SSSR count). The summed E-state index contributed by atoms with van der Waals surface area (Å²) in [7, 11) is 4.00. The van der Waals surface area contributed by atoms with E-state index < -0.39 is 7.15 Å². The van der Waals surface area contributed by atoms with Gasteiger partial charge in [-0.25, -0.2) is 15.0 Å². The van der Waals surface area contributed by atoms with Gasteiger partial charge in [0, 0.05) is 87.4 Å². The van der Waals surface area contributed by atoms with E-state index in [2.05, 4.69) is 67.6 Å². The molecule has 18 heteroatoms. The second kappa shape index (κ2) is 31.5. The molecule has 5 heterocycles. The van der Waals surface area contributed by atoms with Crippen molar-refractivity contribution in [2.24, 2.45) is 0 Å². The second-order valence-corrected chi connectivity index (χ2v) is 14.7. The third kappa shape index (κ3) is 20.4. The number of rotatable bonds is 15. The Labute approximate surface area is 395 Å². The van der Waals surface area contributed by atoms with Crippen LogP contribution in [0.25, 0.3) is 10.9 Å². The lowest BCUT2D eigenvalue weighted by Gasteiger charge is -2.11. The number of hydrogen-bond donors (Lipinski definition) is 4. The second-order valence-electron chi connectivity index (χ2n) is 13.5. The molecule has 0 aliphatic heterocycles. The van der Waals surface area contributed by atoms with Crippen molar-refractivity contribution < 1.29 is 24.8 Å². The van der Waals surface area contributed by atoms with Gasteiger partial charge in [0.05, 0.1) is 61.4 Å². The number of aryl methyl sites for hydroxylation is 3. The quantitative estimate of drug-likeness (QED) is 0.0562. The minimum absolute atomic E-state index is 0.153. The van der Waals surface area contributed by atoms with Crippen LogP contribution in [0.2, 0.25) is 5.02 Å². The summed E-state index contributed by atoms with van der Waals surface area (Å²) in [6, 6.07) is 26.2. The molecule has 0 fully saturated rings.